The molecule has 0 unspecified atom stereocenters. The SMILES string of the molecule is ONC(=NCc1ccc(F)c(Cl)c1)c1ccc2occc2c1. The molecule has 2 N–H and O–H groups in total. The monoisotopic (exact) mass is 318 g/mol. The van der Waals surface area contributed by atoms with Crippen LogP contribution < -0.4 is 5.48 Å². The lowest BCUT2D eigenvalue weighted by Gasteiger charge is -2.06. The van der Waals surface area contributed by atoms with Crippen LogP contribution in [0.3, 0.4) is 0 Å². The Morgan fingerprint density at radius 2 is 2.09 bits per heavy atom. The van der Waals surface area contributed by atoms with Crippen molar-refractivity contribution < 1.29 is 14.0 Å². The van der Waals surface area contributed by atoms with Crippen molar-refractivity contribution in [3.63, 3.8) is 0 Å². The van der Waals surface area contributed by atoms with Crippen LogP contribution in [0, 0.1) is 5.82 Å². The number of hydrogen-bond donors (Lipinski definition) is 2. The lowest BCUT2D eigenvalue weighted by molar-refractivity contribution is 0.234. The number of hydrogen-bond acceptors (Lipinski definition) is 3. The van der Waals surface area contributed by atoms with Gasteiger partial charge < -0.3 is 4.42 Å². The first kappa shape index (κ1) is 14.6. The molecule has 112 valence electrons. The maximum absolute atomic E-state index is 13.1. The minimum atomic E-state index is -0.472. The lowest BCUT2D eigenvalue weighted by atomic mass is 10.1. The summed E-state index contributed by atoms with van der Waals surface area (Å²) in [4.78, 5) is 4.29. The predicted molar refractivity (Wildman–Crippen MR) is 82.8 cm³/mol. The van der Waals surface area contributed by atoms with Gasteiger partial charge in [-0.1, -0.05) is 17.7 Å². The van der Waals surface area contributed by atoms with Crippen LogP contribution in [0.25, 0.3) is 11.0 Å². The molecule has 0 fully saturated rings. The zero-order valence-electron chi connectivity index (χ0n) is 11.4. The molecule has 3 aromatic rings. The molecule has 4 nitrogen and oxygen atoms in total. The fourth-order valence-electron chi connectivity index (χ4n) is 2.11. The molecule has 0 saturated carbocycles. The average Bonchev–Trinajstić information content (AvgIpc) is 2.99. The van der Waals surface area contributed by atoms with E-state index < -0.39 is 5.82 Å². The van der Waals surface area contributed by atoms with Crippen LogP contribution in [0.15, 0.2) is 58.1 Å². The second-order valence-electron chi connectivity index (χ2n) is 4.70. The van der Waals surface area contributed by atoms with Crippen molar-refractivity contribution in [3.05, 3.63) is 70.7 Å². The smallest absolute Gasteiger partial charge is 0.152 e. The normalized spacial score (nSPS) is 11.9. The summed E-state index contributed by atoms with van der Waals surface area (Å²) < 4.78 is 18.4. The third kappa shape index (κ3) is 2.95. The van der Waals surface area contributed by atoms with E-state index in [9.17, 15) is 9.60 Å². The van der Waals surface area contributed by atoms with E-state index in [2.05, 4.69) is 10.5 Å². The minimum absolute atomic E-state index is 0.0472. The Kier molecular flexibility index (Phi) is 4.09. The summed E-state index contributed by atoms with van der Waals surface area (Å²) in [5.41, 5.74) is 4.29. The summed E-state index contributed by atoms with van der Waals surface area (Å²) in [6.45, 7) is 0.256. The number of rotatable bonds is 3. The lowest BCUT2D eigenvalue weighted by Crippen LogP contribution is -2.20. The number of furan rings is 1. The molecule has 2 aromatic carbocycles. The molecule has 0 bridgehead atoms. The highest BCUT2D eigenvalue weighted by Crippen LogP contribution is 2.19. The Balaban J connectivity index is 1.87. The van der Waals surface area contributed by atoms with Gasteiger partial charge in [0.05, 0.1) is 17.8 Å². The van der Waals surface area contributed by atoms with Crippen LogP contribution in [0.4, 0.5) is 4.39 Å². The molecule has 6 heteroatoms. The number of nitrogens with zero attached hydrogens (tertiary/aromatic N) is 1. The molecule has 22 heavy (non-hydrogen) atoms. The van der Waals surface area contributed by atoms with E-state index >= 15 is 0 Å². The van der Waals surface area contributed by atoms with E-state index in [-0.39, 0.29) is 11.6 Å². The highest BCUT2D eigenvalue weighted by Gasteiger charge is 2.06. The first-order valence-electron chi connectivity index (χ1n) is 6.53. The largest absolute Gasteiger partial charge is 0.464 e. The van der Waals surface area contributed by atoms with E-state index in [1.807, 2.05) is 12.1 Å². The van der Waals surface area contributed by atoms with Crippen LogP contribution in [0.1, 0.15) is 11.1 Å². The molecule has 0 aliphatic rings. The first-order valence-corrected chi connectivity index (χ1v) is 6.91. The van der Waals surface area contributed by atoms with Crippen LogP contribution in [-0.4, -0.2) is 11.0 Å². The Labute approximate surface area is 130 Å². The molecule has 0 aliphatic carbocycles. The van der Waals surface area contributed by atoms with E-state index in [0.29, 0.717) is 11.4 Å². The zero-order chi connectivity index (χ0) is 15.5. The van der Waals surface area contributed by atoms with Crippen LogP contribution in [0.5, 0.6) is 0 Å². The molecule has 0 radical (unpaired) electrons. The van der Waals surface area contributed by atoms with Gasteiger partial charge in [0.15, 0.2) is 5.84 Å². The van der Waals surface area contributed by atoms with Gasteiger partial charge in [-0.3, -0.25) is 15.7 Å². The minimum Gasteiger partial charge on any atom is -0.464 e. The predicted octanol–water partition coefficient (Wildman–Crippen LogP) is 4.15. The summed E-state index contributed by atoms with van der Waals surface area (Å²) in [6, 6.07) is 11.6. The van der Waals surface area contributed by atoms with Crippen molar-refractivity contribution in [2.45, 2.75) is 6.54 Å². The van der Waals surface area contributed by atoms with E-state index in [1.165, 1.54) is 12.1 Å². The Hall–Kier alpha value is -2.37. The van der Waals surface area contributed by atoms with Gasteiger partial charge in [0.25, 0.3) is 0 Å². The Morgan fingerprint density at radius 1 is 1.23 bits per heavy atom. The van der Waals surface area contributed by atoms with Gasteiger partial charge in [-0.2, -0.15) is 0 Å². The second kappa shape index (κ2) is 6.17. The summed E-state index contributed by atoms with van der Waals surface area (Å²) in [6.07, 6.45) is 1.60. The van der Waals surface area contributed by atoms with Crippen molar-refractivity contribution in [2.75, 3.05) is 0 Å². The standard InChI is InChI=1S/C16H12ClFN2O2/c17-13-7-10(1-3-14(13)18)9-19-16(20-21)12-2-4-15-11(8-12)5-6-22-15/h1-8,21H,9H2,(H,19,20). The maximum atomic E-state index is 13.1. The van der Waals surface area contributed by atoms with Crippen molar-refractivity contribution in [3.8, 4) is 0 Å². The van der Waals surface area contributed by atoms with E-state index in [4.69, 9.17) is 16.0 Å². The van der Waals surface area contributed by atoms with Crippen molar-refractivity contribution in [1.82, 2.24) is 5.48 Å². The van der Waals surface area contributed by atoms with Gasteiger partial charge in [-0.15, -0.1) is 0 Å². The van der Waals surface area contributed by atoms with Gasteiger partial charge in [-0.25, -0.2) is 4.39 Å². The van der Waals surface area contributed by atoms with E-state index in [0.717, 1.165) is 16.5 Å². The van der Waals surface area contributed by atoms with Crippen molar-refractivity contribution >= 4 is 28.4 Å². The molecular formula is C16H12ClFN2O2. The number of amidine groups is 1. The summed E-state index contributed by atoms with van der Waals surface area (Å²) in [5, 5.41) is 10.2. The molecule has 0 aliphatic heterocycles. The Bertz CT molecular complexity index is 845. The summed E-state index contributed by atoms with van der Waals surface area (Å²) in [5.74, 6) is -0.163. The number of hydroxylamine groups is 1. The number of benzene rings is 2. The van der Waals surface area contributed by atoms with Gasteiger partial charge in [0.2, 0.25) is 0 Å². The Morgan fingerprint density at radius 3 is 2.86 bits per heavy atom. The van der Waals surface area contributed by atoms with E-state index in [1.54, 1.807) is 24.5 Å². The molecule has 0 amide bonds. The third-order valence-corrected chi connectivity index (χ3v) is 3.53. The second-order valence-corrected chi connectivity index (χ2v) is 5.11. The quantitative estimate of drug-likeness (QED) is 0.433. The molecule has 1 heterocycles. The third-order valence-electron chi connectivity index (χ3n) is 3.24. The average molecular weight is 319 g/mol. The highest BCUT2D eigenvalue weighted by molar-refractivity contribution is 6.30. The number of halogens is 2. The highest BCUT2D eigenvalue weighted by atomic mass is 35.5. The van der Waals surface area contributed by atoms with Crippen molar-refractivity contribution in [2.24, 2.45) is 4.99 Å². The summed E-state index contributed by atoms with van der Waals surface area (Å²) >= 11 is 5.73. The summed E-state index contributed by atoms with van der Waals surface area (Å²) in [7, 11) is 0. The van der Waals surface area contributed by atoms with Crippen molar-refractivity contribution in [1.29, 1.82) is 0 Å². The number of aliphatic imine (C=N–C) groups is 1. The molecule has 0 atom stereocenters. The molecule has 1 aromatic heterocycles. The maximum Gasteiger partial charge on any atom is 0.152 e. The topological polar surface area (TPSA) is 57.8 Å². The number of nitrogens with one attached hydrogen (secondary N) is 1. The van der Waals surface area contributed by atoms with Crippen LogP contribution >= 0.6 is 11.6 Å². The van der Waals surface area contributed by atoms with Gasteiger partial charge in [-0.05, 0) is 42.0 Å². The molecule has 0 spiro atoms. The zero-order valence-corrected chi connectivity index (χ0v) is 12.1. The first-order chi connectivity index (χ1) is 10.7. The fourth-order valence-corrected chi connectivity index (χ4v) is 2.32. The molecular weight excluding hydrogens is 307 g/mol. The fraction of sp³-hybridized carbons (Fsp3) is 0.0625. The molecule has 0 saturated heterocycles. The van der Waals surface area contributed by atoms with Gasteiger partial charge >= 0.3 is 0 Å². The van der Waals surface area contributed by atoms with Crippen LogP contribution in [-0.2, 0) is 6.54 Å². The van der Waals surface area contributed by atoms with Crippen LogP contribution in [0.2, 0.25) is 5.02 Å². The number of fused-ring (bicyclic) bond motifs is 1. The van der Waals surface area contributed by atoms with Gasteiger partial charge in [0, 0.05) is 10.9 Å². The molecule has 3 rings (SSSR count). The van der Waals surface area contributed by atoms with Gasteiger partial charge in [0.1, 0.15) is 11.4 Å².